The fraction of sp³-hybridized carbons (Fsp3) is 0.559. The Hall–Kier alpha value is -9.50. The highest BCUT2D eigenvalue weighted by Crippen LogP contribution is 2.28. The van der Waals surface area contributed by atoms with E-state index in [0.717, 1.165) is 32.4 Å². The summed E-state index contributed by atoms with van der Waals surface area (Å²) in [5.74, 6) is -10.2. The van der Waals surface area contributed by atoms with Crippen LogP contribution in [0.5, 0.6) is 11.5 Å². The first-order valence-electron chi connectivity index (χ1n) is 33.1. The number of fused-ring (bicyclic) bond motifs is 4. The number of amides is 11. The molecule has 0 radical (unpaired) electrons. The summed E-state index contributed by atoms with van der Waals surface area (Å²) in [5, 5.41) is 14.8. The second kappa shape index (κ2) is 34.8. The summed E-state index contributed by atoms with van der Waals surface area (Å²) in [6.07, 6.45) is 5.03. The van der Waals surface area contributed by atoms with Crippen LogP contribution in [0.1, 0.15) is 127 Å². The number of nitrogens with zero attached hydrogens (tertiary/aromatic N) is 8. The molecule has 0 bridgehead atoms. The molecule has 3 fully saturated rings. The second-order valence-electron chi connectivity index (χ2n) is 25.3. The monoisotopic (exact) mass is 1330 g/mol. The number of carbonyl (C=O) groups is 12. The molecular formula is C68H93N13O15. The number of para-hydroxylation sites is 2. The Morgan fingerprint density at radius 2 is 0.990 bits per heavy atom. The number of rotatable bonds is 14. The number of nitrogens with one attached hydrogen (secondary N) is 5. The first-order valence-corrected chi connectivity index (χ1v) is 33.1. The predicted molar refractivity (Wildman–Crippen MR) is 354 cm³/mol. The van der Waals surface area contributed by atoms with Crippen LogP contribution in [0.2, 0.25) is 0 Å². The standard InChI is InChI=1S/C68H93N13O15/c1-11-13-31-94-51-33-43-23-15-17-25-45(43)72-57(51)63(88)74-47-35-69-65(90)59(41(3)4)78(9)55(84)38-76(7)53(82)36-71-62(87)50-28-20-22-30-81(50)67(92)48(75-64(89)58-52(95-32-14-12-2)34-44-24-16-18-26-46(44)73-58)40-96-68(93)60(42(5)6)79(10)56(85)39-77(8)54(83)37-70-61(86)49-27-19-21-29-80(49)66(47)91/h15-18,23-26,33-34,41-42,47-50,59-60H,11-14,19-22,27-32,35-40H2,1-10H3,(H,69,90)(H,70,86)(H,71,87)(H,74,88)(H,75,89)/t47-,48-,49+,50+,59+,60+/m1/s1. The average molecular weight is 1330 g/mol. The van der Waals surface area contributed by atoms with Crippen LogP contribution in [0, 0.1) is 11.8 Å². The molecule has 3 aliphatic rings. The molecular weight excluding hydrogens is 1240 g/mol. The first-order chi connectivity index (χ1) is 45.8. The van der Waals surface area contributed by atoms with E-state index in [1.165, 1.54) is 38.0 Å². The predicted octanol–water partition coefficient (Wildman–Crippen LogP) is 2.59. The van der Waals surface area contributed by atoms with Gasteiger partial charge >= 0.3 is 5.97 Å². The Morgan fingerprint density at radius 1 is 0.562 bits per heavy atom. The van der Waals surface area contributed by atoms with Crippen LogP contribution in [0.3, 0.4) is 0 Å². The van der Waals surface area contributed by atoms with E-state index < -0.39 is 158 Å². The SMILES string of the molecule is CCCCOc1cc2ccccc2nc1C(=O)N[C@@H]1CNC(=O)[C@H](C(C)C)N(C)C(=O)CN(C)C(=O)CNC(=O)[C@@H]2CCCCN2C(=O)[C@H](NC(=O)c2nc3ccccc3cc2OCCCC)COC(=O)[C@H](C(C)C)N(C)C(=O)CN(C)C(=O)CNC(=O)[C@@H]2CCCCN2C1=O. The van der Waals surface area contributed by atoms with Crippen molar-refractivity contribution in [3.05, 3.63) is 72.1 Å². The lowest BCUT2D eigenvalue weighted by molar-refractivity contribution is -0.159. The van der Waals surface area contributed by atoms with E-state index in [4.69, 9.17) is 14.2 Å². The van der Waals surface area contributed by atoms with Crippen molar-refractivity contribution >= 4 is 92.8 Å². The molecule has 520 valence electrons. The summed E-state index contributed by atoms with van der Waals surface area (Å²) in [6.45, 7) is 7.43. The molecule has 96 heavy (non-hydrogen) atoms. The number of hydrogen-bond donors (Lipinski definition) is 5. The number of cyclic esters (lactones) is 1. The molecule has 0 aliphatic carbocycles. The highest BCUT2D eigenvalue weighted by atomic mass is 16.5. The zero-order valence-electron chi connectivity index (χ0n) is 56.7. The topological polar surface area (TPSA) is 338 Å². The smallest absolute Gasteiger partial charge is 0.329 e. The van der Waals surface area contributed by atoms with E-state index in [2.05, 4.69) is 36.6 Å². The van der Waals surface area contributed by atoms with Gasteiger partial charge in [-0.1, -0.05) is 90.8 Å². The van der Waals surface area contributed by atoms with E-state index in [1.807, 2.05) is 19.9 Å². The van der Waals surface area contributed by atoms with Crippen LogP contribution in [-0.2, 0) is 52.7 Å². The minimum Gasteiger partial charge on any atom is -0.491 e. The van der Waals surface area contributed by atoms with Crippen molar-refractivity contribution in [3.8, 4) is 11.5 Å². The number of pyridine rings is 2. The highest BCUT2D eigenvalue weighted by molar-refractivity contribution is 6.03. The van der Waals surface area contributed by atoms with Gasteiger partial charge in [0, 0.05) is 58.6 Å². The molecule has 0 saturated carbocycles. The zero-order valence-corrected chi connectivity index (χ0v) is 56.7. The number of esters is 1. The Balaban J connectivity index is 1.19. The molecule has 3 aliphatic heterocycles. The van der Waals surface area contributed by atoms with Crippen molar-refractivity contribution in [2.45, 2.75) is 142 Å². The summed E-state index contributed by atoms with van der Waals surface area (Å²) >= 11 is 0. The van der Waals surface area contributed by atoms with Crippen molar-refractivity contribution in [3.63, 3.8) is 0 Å². The number of piperidine rings is 2. The maximum atomic E-state index is 15.1. The average Bonchev–Trinajstić information content (AvgIpc) is 0.854. The van der Waals surface area contributed by atoms with E-state index >= 15 is 9.59 Å². The minimum atomic E-state index is -1.66. The molecule has 5 heterocycles. The van der Waals surface area contributed by atoms with Gasteiger partial charge in [0.1, 0.15) is 42.9 Å². The summed E-state index contributed by atoms with van der Waals surface area (Å²) in [7, 11) is 5.36. The van der Waals surface area contributed by atoms with Crippen LogP contribution >= 0.6 is 0 Å². The number of aromatic nitrogens is 2. The van der Waals surface area contributed by atoms with Gasteiger partial charge in [0.25, 0.3) is 11.8 Å². The van der Waals surface area contributed by atoms with Crippen molar-refractivity contribution < 1.29 is 71.7 Å². The molecule has 6 atom stereocenters. The van der Waals surface area contributed by atoms with E-state index in [0.29, 0.717) is 60.3 Å². The normalized spacial score (nSPS) is 22.0. The summed E-state index contributed by atoms with van der Waals surface area (Å²) in [6, 6.07) is 9.32. The number of unbranched alkanes of at least 4 members (excludes halogenated alkanes) is 2. The molecule has 5 N–H and O–H groups in total. The Kier molecular flexibility index (Phi) is 26.8. The number of benzene rings is 2. The van der Waals surface area contributed by atoms with Crippen LogP contribution in [0.4, 0.5) is 0 Å². The van der Waals surface area contributed by atoms with Crippen LogP contribution in [0.25, 0.3) is 21.8 Å². The van der Waals surface area contributed by atoms with Crippen molar-refractivity contribution in [1.29, 1.82) is 0 Å². The number of ether oxygens (including phenoxy) is 3. The van der Waals surface area contributed by atoms with Crippen LogP contribution in [-0.4, -0.2) is 240 Å². The quantitative estimate of drug-likeness (QED) is 0.0895. The lowest BCUT2D eigenvalue weighted by Crippen LogP contribution is -2.61. The summed E-state index contributed by atoms with van der Waals surface area (Å²) in [4.78, 5) is 189. The van der Waals surface area contributed by atoms with E-state index in [-0.39, 0.29) is 62.0 Å². The fourth-order valence-electron chi connectivity index (χ4n) is 11.9. The number of hydrogen-bond acceptors (Lipinski definition) is 17. The number of carbonyl (C=O) groups excluding carboxylic acids is 12. The molecule has 4 aromatic rings. The third-order valence-electron chi connectivity index (χ3n) is 17.4. The summed E-state index contributed by atoms with van der Waals surface area (Å²) in [5.41, 5.74) is 0.581. The van der Waals surface area contributed by atoms with Crippen molar-refractivity contribution in [2.75, 3.05) is 93.8 Å². The molecule has 0 spiro atoms. The summed E-state index contributed by atoms with van der Waals surface area (Å²) < 4.78 is 18.0. The molecule has 2 aromatic heterocycles. The Morgan fingerprint density at radius 3 is 1.44 bits per heavy atom. The molecule has 7 rings (SSSR count). The van der Waals surface area contributed by atoms with E-state index in [9.17, 15) is 47.9 Å². The first kappa shape index (κ1) is 73.9. The van der Waals surface area contributed by atoms with Crippen molar-refractivity contribution in [1.82, 2.24) is 66.0 Å². The molecule has 2 aromatic carbocycles. The minimum absolute atomic E-state index is 0.0147. The maximum absolute atomic E-state index is 15.1. The van der Waals surface area contributed by atoms with Crippen molar-refractivity contribution in [2.24, 2.45) is 11.8 Å². The molecule has 28 heteroatoms. The van der Waals surface area contributed by atoms with Gasteiger partial charge in [-0.3, -0.25) is 52.7 Å². The molecule has 0 unspecified atom stereocenters. The van der Waals surface area contributed by atoms with Gasteiger partial charge in [0.05, 0.1) is 50.4 Å². The fourth-order valence-corrected chi connectivity index (χ4v) is 11.9. The lowest BCUT2D eigenvalue weighted by atomic mass is 9.99. The lowest BCUT2D eigenvalue weighted by Gasteiger charge is -2.37. The van der Waals surface area contributed by atoms with Gasteiger partial charge in [0.15, 0.2) is 22.9 Å². The largest absolute Gasteiger partial charge is 0.491 e. The van der Waals surface area contributed by atoms with E-state index in [1.54, 1.807) is 82.3 Å². The molecule has 3 saturated heterocycles. The Labute approximate surface area is 559 Å². The Bertz CT molecular complexity index is 3290. The molecule has 28 nitrogen and oxygen atoms in total. The number of likely N-dealkylation sites (N-methyl/N-ethyl adjacent to an activating group) is 4. The van der Waals surface area contributed by atoms with Gasteiger partial charge < -0.3 is 70.2 Å². The third kappa shape index (κ3) is 18.9. The van der Waals surface area contributed by atoms with Crippen LogP contribution < -0.4 is 36.1 Å². The van der Waals surface area contributed by atoms with Crippen LogP contribution in [0.15, 0.2) is 60.7 Å². The van der Waals surface area contributed by atoms with Gasteiger partial charge in [0.2, 0.25) is 53.2 Å². The zero-order chi connectivity index (χ0) is 69.9. The third-order valence-corrected chi connectivity index (χ3v) is 17.4. The van der Waals surface area contributed by atoms with Gasteiger partial charge in [-0.15, -0.1) is 0 Å². The maximum Gasteiger partial charge on any atom is 0.329 e. The van der Waals surface area contributed by atoms with Gasteiger partial charge in [-0.2, -0.15) is 0 Å². The highest BCUT2D eigenvalue weighted by Gasteiger charge is 2.42. The molecule has 11 amide bonds. The van der Waals surface area contributed by atoms with Gasteiger partial charge in [-0.25, -0.2) is 14.8 Å². The second-order valence-corrected chi connectivity index (χ2v) is 25.3. The van der Waals surface area contributed by atoms with Gasteiger partial charge in [-0.05, 0) is 87.5 Å².